The van der Waals surface area contributed by atoms with Gasteiger partial charge in [-0.05, 0) is 57.6 Å². The van der Waals surface area contributed by atoms with Crippen LogP contribution in [0.4, 0.5) is 0 Å². The van der Waals surface area contributed by atoms with E-state index in [1.807, 2.05) is 31.2 Å². The van der Waals surface area contributed by atoms with Crippen LogP contribution in [0, 0.1) is 0 Å². The Hall–Kier alpha value is -1.88. The van der Waals surface area contributed by atoms with Crippen molar-refractivity contribution in [1.82, 2.24) is 10.1 Å². The lowest BCUT2D eigenvalue weighted by Gasteiger charge is -2.37. The van der Waals surface area contributed by atoms with Crippen molar-refractivity contribution in [3.63, 3.8) is 0 Å². The second-order valence-electron chi connectivity index (χ2n) is 6.37. The first-order chi connectivity index (χ1) is 11.3. The molecule has 0 bridgehead atoms. The van der Waals surface area contributed by atoms with E-state index in [0.717, 1.165) is 43.4 Å². The monoisotopic (exact) mass is 314 g/mol. The third kappa shape index (κ3) is 2.63. The normalized spacial score (nSPS) is 19.9. The number of rotatable bonds is 6. The van der Waals surface area contributed by atoms with Crippen molar-refractivity contribution in [2.24, 2.45) is 0 Å². The summed E-state index contributed by atoms with van der Waals surface area (Å²) in [5.74, 6) is 2.02. The average Bonchev–Trinajstić information content (AvgIpc) is 2.97. The third-order valence-electron chi connectivity index (χ3n) is 4.87. The van der Waals surface area contributed by atoms with Crippen LogP contribution in [-0.2, 0) is 10.3 Å². The Morgan fingerprint density at radius 3 is 2.70 bits per heavy atom. The van der Waals surface area contributed by atoms with Gasteiger partial charge in [0, 0.05) is 6.61 Å². The molecule has 1 heterocycles. The fourth-order valence-corrected chi connectivity index (χ4v) is 3.13. The summed E-state index contributed by atoms with van der Waals surface area (Å²) >= 11 is 0. The van der Waals surface area contributed by atoms with Gasteiger partial charge in [-0.15, -0.1) is 0 Å². The molecule has 0 saturated heterocycles. The minimum absolute atomic E-state index is 0.323. The number of para-hydroxylation sites is 1. The molecule has 4 rings (SSSR count). The van der Waals surface area contributed by atoms with E-state index < -0.39 is 0 Å². The van der Waals surface area contributed by atoms with Crippen molar-refractivity contribution < 1.29 is 14.0 Å². The van der Waals surface area contributed by atoms with Gasteiger partial charge in [0.2, 0.25) is 5.82 Å². The molecule has 2 aromatic rings. The topological polar surface area (TPSA) is 57.4 Å². The minimum Gasteiger partial charge on any atom is -0.490 e. The molecule has 1 aromatic carbocycles. The molecule has 23 heavy (non-hydrogen) atoms. The maximum absolute atomic E-state index is 6.07. The van der Waals surface area contributed by atoms with E-state index in [1.54, 1.807) is 0 Å². The minimum atomic E-state index is -0.371. The highest BCUT2D eigenvalue weighted by Crippen LogP contribution is 2.44. The zero-order chi connectivity index (χ0) is 15.7. The van der Waals surface area contributed by atoms with Gasteiger partial charge in [-0.1, -0.05) is 17.3 Å². The highest BCUT2D eigenvalue weighted by atomic mass is 16.5. The first kappa shape index (κ1) is 14.7. The van der Waals surface area contributed by atoms with Gasteiger partial charge >= 0.3 is 0 Å². The van der Waals surface area contributed by atoms with Crippen molar-refractivity contribution in [3.8, 4) is 17.1 Å². The van der Waals surface area contributed by atoms with E-state index in [4.69, 9.17) is 14.0 Å². The van der Waals surface area contributed by atoms with Gasteiger partial charge in [-0.2, -0.15) is 4.98 Å². The zero-order valence-electron chi connectivity index (χ0n) is 13.5. The predicted octanol–water partition coefficient (Wildman–Crippen LogP) is 4.08. The van der Waals surface area contributed by atoms with Gasteiger partial charge in [0.25, 0.3) is 5.89 Å². The molecule has 0 amide bonds. The molecular weight excluding hydrogens is 292 g/mol. The van der Waals surface area contributed by atoms with Gasteiger partial charge in [-0.25, -0.2) is 0 Å². The van der Waals surface area contributed by atoms with Crippen molar-refractivity contribution in [2.75, 3.05) is 6.61 Å². The molecule has 0 unspecified atom stereocenters. The van der Waals surface area contributed by atoms with Crippen LogP contribution in [0.15, 0.2) is 28.8 Å². The van der Waals surface area contributed by atoms with Crippen molar-refractivity contribution >= 4 is 0 Å². The molecule has 0 aliphatic heterocycles. The molecule has 2 aliphatic rings. The molecular formula is C18H22N2O3. The summed E-state index contributed by atoms with van der Waals surface area (Å²) in [6, 6.07) is 7.91. The van der Waals surface area contributed by atoms with Crippen LogP contribution in [0.3, 0.4) is 0 Å². The summed E-state index contributed by atoms with van der Waals surface area (Å²) in [7, 11) is 0. The third-order valence-corrected chi connectivity index (χ3v) is 4.87. The van der Waals surface area contributed by atoms with Crippen molar-refractivity contribution in [2.45, 2.75) is 57.2 Å². The molecule has 122 valence electrons. The first-order valence-electron chi connectivity index (χ1n) is 8.55. The second-order valence-corrected chi connectivity index (χ2v) is 6.37. The van der Waals surface area contributed by atoms with E-state index in [0.29, 0.717) is 24.4 Å². The fourth-order valence-electron chi connectivity index (χ4n) is 3.13. The Bertz CT molecular complexity index is 674. The maximum Gasteiger partial charge on any atom is 0.259 e. The summed E-state index contributed by atoms with van der Waals surface area (Å²) in [4.78, 5) is 4.62. The predicted molar refractivity (Wildman–Crippen MR) is 85.2 cm³/mol. The summed E-state index contributed by atoms with van der Waals surface area (Å²) in [5, 5.41) is 4.18. The Balaban J connectivity index is 1.61. The molecule has 1 aromatic heterocycles. The van der Waals surface area contributed by atoms with Gasteiger partial charge in [0.05, 0.1) is 11.7 Å². The van der Waals surface area contributed by atoms with Crippen LogP contribution in [0.5, 0.6) is 5.75 Å². The number of ether oxygens (including phenoxy) is 2. The second kappa shape index (κ2) is 5.96. The molecule has 0 atom stereocenters. The van der Waals surface area contributed by atoms with Crippen molar-refractivity contribution in [1.29, 1.82) is 0 Å². The lowest BCUT2D eigenvalue weighted by molar-refractivity contribution is -0.120. The summed E-state index contributed by atoms with van der Waals surface area (Å²) < 4.78 is 17.5. The Kier molecular flexibility index (Phi) is 3.81. The Morgan fingerprint density at radius 1 is 1.22 bits per heavy atom. The smallest absolute Gasteiger partial charge is 0.259 e. The maximum atomic E-state index is 6.07. The van der Waals surface area contributed by atoms with Crippen LogP contribution in [0.1, 0.15) is 51.3 Å². The average molecular weight is 314 g/mol. The summed E-state index contributed by atoms with van der Waals surface area (Å²) in [6.45, 7) is 2.65. The Labute approximate surface area is 136 Å². The molecule has 0 radical (unpaired) electrons. The number of nitrogens with zero attached hydrogens (tertiary/aromatic N) is 2. The molecule has 2 aliphatic carbocycles. The number of benzene rings is 1. The Morgan fingerprint density at radius 2 is 2.04 bits per heavy atom. The van der Waals surface area contributed by atoms with E-state index in [9.17, 15) is 0 Å². The quantitative estimate of drug-likeness (QED) is 0.804. The highest BCUT2D eigenvalue weighted by Gasteiger charge is 2.45. The summed E-state index contributed by atoms with van der Waals surface area (Å²) in [5.41, 5.74) is 0.518. The van der Waals surface area contributed by atoms with E-state index in [1.165, 1.54) is 6.42 Å². The molecule has 0 spiro atoms. The van der Waals surface area contributed by atoms with Crippen LogP contribution in [0.25, 0.3) is 11.4 Å². The molecule has 2 saturated carbocycles. The van der Waals surface area contributed by atoms with E-state index >= 15 is 0 Å². The lowest BCUT2D eigenvalue weighted by atomic mass is 9.80. The van der Waals surface area contributed by atoms with Gasteiger partial charge in [0.15, 0.2) is 0 Å². The number of aromatic nitrogens is 2. The number of hydrogen-bond acceptors (Lipinski definition) is 5. The van der Waals surface area contributed by atoms with Crippen LogP contribution >= 0.6 is 0 Å². The molecule has 5 heteroatoms. The van der Waals surface area contributed by atoms with Crippen LogP contribution in [0.2, 0.25) is 0 Å². The standard InChI is InChI=1S/C18H22N2O3/c1-2-21-18(11-6-12-18)17-19-16(20-23-17)14-9-3-4-10-15(14)22-13-7-5-8-13/h3-4,9-10,13H,2,5-8,11-12H2,1H3. The van der Waals surface area contributed by atoms with Crippen molar-refractivity contribution in [3.05, 3.63) is 30.2 Å². The SMILES string of the molecule is CCOC1(c2nc(-c3ccccc3OC3CCC3)no2)CCC1. The fraction of sp³-hybridized carbons (Fsp3) is 0.556. The first-order valence-corrected chi connectivity index (χ1v) is 8.55. The van der Waals surface area contributed by atoms with Crippen LogP contribution in [-0.4, -0.2) is 22.9 Å². The van der Waals surface area contributed by atoms with E-state index in [-0.39, 0.29) is 5.60 Å². The zero-order valence-corrected chi connectivity index (χ0v) is 13.5. The van der Waals surface area contributed by atoms with Gasteiger partial charge < -0.3 is 14.0 Å². The summed E-state index contributed by atoms with van der Waals surface area (Å²) in [6.07, 6.45) is 6.85. The lowest BCUT2D eigenvalue weighted by Crippen LogP contribution is -2.37. The molecule has 2 fully saturated rings. The van der Waals surface area contributed by atoms with E-state index in [2.05, 4.69) is 10.1 Å². The number of hydrogen-bond donors (Lipinski definition) is 0. The van der Waals surface area contributed by atoms with Gasteiger partial charge in [-0.3, -0.25) is 0 Å². The molecule has 5 nitrogen and oxygen atoms in total. The molecule has 0 N–H and O–H groups in total. The van der Waals surface area contributed by atoms with Crippen LogP contribution < -0.4 is 4.74 Å². The van der Waals surface area contributed by atoms with Gasteiger partial charge in [0.1, 0.15) is 11.4 Å². The largest absolute Gasteiger partial charge is 0.490 e. The highest BCUT2D eigenvalue weighted by molar-refractivity contribution is 5.63.